The zero-order valence-corrected chi connectivity index (χ0v) is 10.6. The molecular weight excluding hydrogens is 246 g/mol. The Morgan fingerprint density at radius 3 is 2.58 bits per heavy atom. The molecule has 0 aliphatic carbocycles. The SMILES string of the molecule is Nc1cc(NCC(=O)N2CCCC2)ccc1C(=O)O. The molecule has 1 fully saturated rings. The van der Waals surface area contributed by atoms with Crippen LogP contribution in [0.25, 0.3) is 0 Å². The molecule has 1 aliphatic rings. The molecule has 0 unspecified atom stereocenters. The topological polar surface area (TPSA) is 95.7 Å². The van der Waals surface area contributed by atoms with E-state index in [1.807, 2.05) is 4.90 Å². The summed E-state index contributed by atoms with van der Waals surface area (Å²) in [6, 6.07) is 4.57. The van der Waals surface area contributed by atoms with Crippen molar-refractivity contribution in [3.8, 4) is 0 Å². The third kappa shape index (κ3) is 3.15. The van der Waals surface area contributed by atoms with E-state index in [0.717, 1.165) is 25.9 Å². The number of hydrogen-bond acceptors (Lipinski definition) is 4. The number of hydrogen-bond donors (Lipinski definition) is 3. The second kappa shape index (κ2) is 5.60. The number of carbonyl (C=O) groups excluding carboxylic acids is 1. The number of anilines is 2. The maximum atomic E-state index is 11.8. The van der Waals surface area contributed by atoms with Gasteiger partial charge in [-0.2, -0.15) is 0 Å². The van der Waals surface area contributed by atoms with E-state index in [0.29, 0.717) is 5.69 Å². The van der Waals surface area contributed by atoms with Gasteiger partial charge in [-0.3, -0.25) is 4.79 Å². The van der Waals surface area contributed by atoms with Gasteiger partial charge in [0, 0.05) is 24.5 Å². The molecule has 0 atom stereocenters. The molecule has 1 heterocycles. The fourth-order valence-corrected chi connectivity index (χ4v) is 2.12. The van der Waals surface area contributed by atoms with Crippen molar-refractivity contribution >= 4 is 23.3 Å². The summed E-state index contributed by atoms with van der Waals surface area (Å²) in [6.45, 7) is 1.84. The molecule has 1 aromatic carbocycles. The Hall–Kier alpha value is -2.24. The lowest BCUT2D eigenvalue weighted by Crippen LogP contribution is -2.32. The average Bonchev–Trinajstić information content (AvgIpc) is 2.89. The highest BCUT2D eigenvalue weighted by atomic mass is 16.4. The van der Waals surface area contributed by atoms with Crippen molar-refractivity contribution in [3.63, 3.8) is 0 Å². The largest absolute Gasteiger partial charge is 0.478 e. The molecule has 102 valence electrons. The number of carboxylic acids is 1. The van der Waals surface area contributed by atoms with Gasteiger partial charge in [0.05, 0.1) is 12.1 Å². The smallest absolute Gasteiger partial charge is 0.337 e. The Labute approximate surface area is 111 Å². The zero-order chi connectivity index (χ0) is 13.8. The second-order valence-corrected chi connectivity index (χ2v) is 4.55. The number of aromatic carboxylic acids is 1. The first-order valence-corrected chi connectivity index (χ1v) is 6.22. The van der Waals surface area contributed by atoms with E-state index in [-0.39, 0.29) is 23.7 Å². The third-order valence-electron chi connectivity index (χ3n) is 3.18. The molecule has 6 heteroatoms. The van der Waals surface area contributed by atoms with Gasteiger partial charge < -0.3 is 21.1 Å². The van der Waals surface area contributed by atoms with E-state index in [2.05, 4.69) is 5.32 Å². The predicted molar refractivity (Wildman–Crippen MR) is 72.1 cm³/mol. The van der Waals surface area contributed by atoms with Crippen molar-refractivity contribution in [2.75, 3.05) is 30.7 Å². The molecule has 6 nitrogen and oxygen atoms in total. The summed E-state index contributed by atoms with van der Waals surface area (Å²) in [4.78, 5) is 24.5. The van der Waals surface area contributed by atoms with Gasteiger partial charge in [-0.15, -0.1) is 0 Å². The van der Waals surface area contributed by atoms with E-state index >= 15 is 0 Å². The number of nitrogens with one attached hydrogen (secondary N) is 1. The maximum Gasteiger partial charge on any atom is 0.337 e. The summed E-state index contributed by atoms with van der Waals surface area (Å²) in [5.74, 6) is -1.00. The van der Waals surface area contributed by atoms with Crippen LogP contribution in [0.15, 0.2) is 18.2 Å². The molecule has 2 rings (SSSR count). The molecule has 19 heavy (non-hydrogen) atoms. The maximum absolute atomic E-state index is 11.8. The summed E-state index contributed by atoms with van der Waals surface area (Å²) in [5, 5.41) is 11.8. The summed E-state index contributed by atoms with van der Waals surface area (Å²) in [7, 11) is 0. The fraction of sp³-hybridized carbons (Fsp3) is 0.385. The van der Waals surface area contributed by atoms with Gasteiger partial charge in [0.2, 0.25) is 5.91 Å². The second-order valence-electron chi connectivity index (χ2n) is 4.55. The third-order valence-corrected chi connectivity index (χ3v) is 3.18. The van der Waals surface area contributed by atoms with E-state index in [9.17, 15) is 9.59 Å². The minimum atomic E-state index is -1.06. The van der Waals surface area contributed by atoms with Crippen molar-refractivity contribution < 1.29 is 14.7 Å². The number of rotatable bonds is 4. The highest BCUT2D eigenvalue weighted by Gasteiger charge is 2.17. The van der Waals surface area contributed by atoms with Gasteiger partial charge in [-0.1, -0.05) is 0 Å². The molecule has 0 spiro atoms. The molecule has 0 bridgehead atoms. The number of benzene rings is 1. The lowest BCUT2D eigenvalue weighted by molar-refractivity contribution is -0.128. The van der Waals surface area contributed by atoms with Crippen LogP contribution in [0.2, 0.25) is 0 Å². The monoisotopic (exact) mass is 263 g/mol. The normalized spacial score (nSPS) is 14.4. The van der Waals surface area contributed by atoms with Crippen LogP contribution >= 0.6 is 0 Å². The number of nitrogen functional groups attached to an aromatic ring is 1. The van der Waals surface area contributed by atoms with Crippen molar-refractivity contribution in [2.24, 2.45) is 0 Å². The Morgan fingerprint density at radius 2 is 2.00 bits per heavy atom. The summed E-state index contributed by atoms with van der Waals surface area (Å²) in [5.41, 5.74) is 6.54. The summed E-state index contributed by atoms with van der Waals surface area (Å²) in [6.07, 6.45) is 2.12. The first kappa shape index (κ1) is 13.2. The molecule has 4 N–H and O–H groups in total. The molecule has 0 aromatic heterocycles. The lowest BCUT2D eigenvalue weighted by atomic mass is 10.1. The Kier molecular flexibility index (Phi) is 3.89. The van der Waals surface area contributed by atoms with Gasteiger partial charge in [0.15, 0.2) is 0 Å². The molecule has 1 saturated heterocycles. The van der Waals surface area contributed by atoms with Crippen molar-refractivity contribution in [3.05, 3.63) is 23.8 Å². The number of carboxylic acid groups (broad SMARTS) is 1. The van der Waals surface area contributed by atoms with Crippen molar-refractivity contribution in [2.45, 2.75) is 12.8 Å². The summed E-state index contributed by atoms with van der Waals surface area (Å²) < 4.78 is 0. The molecule has 0 saturated carbocycles. The number of amides is 1. The van der Waals surface area contributed by atoms with Gasteiger partial charge in [-0.05, 0) is 31.0 Å². The van der Waals surface area contributed by atoms with E-state index in [1.165, 1.54) is 12.1 Å². The zero-order valence-electron chi connectivity index (χ0n) is 10.6. The first-order chi connectivity index (χ1) is 9.08. The van der Waals surface area contributed by atoms with Crippen LogP contribution in [-0.4, -0.2) is 41.5 Å². The van der Waals surface area contributed by atoms with Crippen LogP contribution in [0, 0.1) is 0 Å². The molecule has 1 aliphatic heterocycles. The molecule has 0 radical (unpaired) electrons. The number of nitrogens with zero attached hydrogens (tertiary/aromatic N) is 1. The van der Waals surface area contributed by atoms with Crippen LogP contribution in [0.1, 0.15) is 23.2 Å². The molecule has 1 aromatic rings. The number of nitrogens with two attached hydrogens (primary N) is 1. The highest BCUT2D eigenvalue weighted by Crippen LogP contribution is 2.18. The number of carbonyl (C=O) groups is 2. The van der Waals surface area contributed by atoms with Gasteiger partial charge in [0.1, 0.15) is 0 Å². The van der Waals surface area contributed by atoms with Crippen LogP contribution in [0.3, 0.4) is 0 Å². The van der Waals surface area contributed by atoms with Crippen LogP contribution < -0.4 is 11.1 Å². The van der Waals surface area contributed by atoms with Gasteiger partial charge in [0.25, 0.3) is 0 Å². The highest BCUT2D eigenvalue weighted by molar-refractivity contribution is 5.94. The Bertz CT molecular complexity index is 496. The van der Waals surface area contributed by atoms with E-state index in [1.54, 1.807) is 6.07 Å². The quantitative estimate of drug-likeness (QED) is 0.704. The molecule has 1 amide bonds. The van der Waals surface area contributed by atoms with Crippen molar-refractivity contribution in [1.82, 2.24) is 4.90 Å². The molecular formula is C13H17N3O3. The lowest BCUT2D eigenvalue weighted by Gasteiger charge is -2.16. The van der Waals surface area contributed by atoms with Crippen LogP contribution in [-0.2, 0) is 4.79 Å². The van der Waals surface area contributed by atoms with Gasteiger partial charge in [-0.25, -0.2) is 4.79 Å². The van der Waals surface area contributed by atoms with Crippen molar-refractivity contribution in [1.29, 1.82) is 0 Å². The van der Waals surface area contributed by atoms with Gasteiger partial charge >= 0.3 is 5.97 Å². The minimum Gasteiger partial charge on any atom is -0.478 e. The Balaban J connectivity index is 1.94. The predicted octanol–water partition coefficient (Wildman–Crippen LogP) is 1.00. The first-order valence-electron chi connectivity index (χ1n) is 6.22. The standard InChI is InChI=1S/C13H17N3O3/c14-11-7-9(3-4-10(11)13(18)19)15-8-12(17)16-5-1-2-6-16/h3-4,7,15H,1-2,5-6,8,14H2,(H,18,19). The number of likely N-dealkylation sites (tertiary alicyclic amines) is 1. The van der Waals surface area contributed by atoms with E-state index < -0.39 is 5.97 Å². The van der Waals surface area contributed by atoms with Crippen LogP contribution in [0.4, 0.5) is 11.4 Å². The van der Waals surface area contributed by atoms with E-state index in [4.69, 9.17) is 10.8 Å². The average molecular weight is 263 g/mol. The minimum absolute atomic E-state index is 0.0541. The van der Waals surface area contributed by atoms with Crippen LogP contribution in [0.5, 0.6) is 0 Å². The Morgan fingerprint density at radius 1 is 1.32 bits per heavy atom. The fourth-order valence-electron chi connectivity index (χ4n) is 2.12. The summed E-state index contributed by atoms with van der Waals surface area (Å²) >= 11 is 0.